The monoisotopic (exact) mass is 217 g/mol. The van der Waals surface area contributed by atoms with Gasteiger partial charge in [0.05, 0.1) is 5.60 Å². The van der Waals surface area contributed by atoms with Crippen LogP contribution in [0.25, 0.3) is 0 Å². The highest BCUT2D eigenvalue weighted by atomic mass is 16.6. The number of rotatable bonds is 2. The average molecular weight is 217 g/mol. The van der Waals surface area contributed by atoms with Crippen molar-refractivity contribution < 1.29 is 9.47 Å². The summed E-state index contributed by atoms with van der Waals surface area (Å²) in [6, 6.07) is 10.4. The van der Waals surface area contributed by atoms with Gasteiger partial charge in [0.25, 0.3) is 0 Å². The molecule has 0 spiro atoms. The summed E-state index contributed by atoms with van der Waals surface area (Å²) >= 11 is 0. The number of hydrogen-bond acceptors (Lipinski definition) is 3. The van der Waals surface area contributed by atoms with Crippen LogP contribution < -0.4 is 0 Å². The van der Waals surface area contributed by atoms with Crippen LogP contribution in [0.2, 0.25) is 0 Å². The van der Waals surface area contributed by atoms with E-state index in [4.69, 9.17) is 9.47 Å². The summed E-state index contributed by atoms with van der Waals surface area (Å²) in [6.07, 6.45) is 0.0567. The summed E-state index contributed by atoms with van der Waals surface area (Å²) < 4.78 is 11.1. The summed E-state index contributed by atoms with van der Waals surface area (Å²) in [5, 5.41) is 0. The van der Waals surface area contributed by atoms with Crippen LogP contribution in [-0.4, -0.2) is 24.2 Å². The molecule has 2 aliphatic heterocycles. The van der Waals surface area contributed by atoms with Crippen molar-refractivity contribution in [1.29, 1.82) is 0 Å². The van der Waals surface area contributed by atoms with Crippen molar-refractivity contribution in [3.05, 3.63) is 35.9 Å². The molecule has 0 aliphatic carbocycles. The van der Waals surface area contributed by atoms with Crippen LogP contribution in [0.15, 0.2) is 35.3 Å². The molecule has 84 valence electrons. The minimum absolute atomic E-state index is 0.0567. The van der Waals surface area contributed by atoms with Crippen LogP contribution in [0.4, 0.5) is 0 Å². The Morgan fingerprint density at radius 3 is 2.56 bits per heavy atom. The van der Waals surface area contributed by atoms with Crippen molar-refractivity contribution in [2.45, 2.75) is 31.6 Å². The lowest BCUT2D eigenvalue weighted by Gasteiger charge is -2.03. The molecule has 16 heavy (non-hydrogen) atoms. The Hall–Kier alpha value is -1.35. The van der Waals surface area contributed by atoms with E-state index in [9.17, 15) is 0 Å². The van der Waals surface area contributed by atoms with Crippen molar-refractivity contribution in [2.24, 2.45) is 4.99 Å². The van der Waals surface area contributed by atoms with Crippen LogP contribution in [0.5, 0.6) is 0 Å². The molecule has 0 amide bonds. The van der Waals surface area contributed by atoms with E-state index in [0.717, 1.165) is 5.90 Å². The molecule has 0 N–H and O–H groups in total. The SMILES string of the molecule is CC1(C)OC1C1=N[C@H](c2ccccc2)CO1. The number of hydrogen-bond donors (Lipinski definition) is 0. The number of benzene rings is 1. The highest BCUT2D eigenvalue weighted by Gasteiger charge is 2.53. The molecule has 2 atom stereocenters. The Morgan fingerprint density at radius 2 is 1.94 bits per heavy atom. The predicted octanol–water partition coefficient (Wildman–Crippen LogP) is 2.33. The van der Waals surface area contributed by atoms with E-state index in [1.165, 1.54) is 5.56 Å². The predicted molar refractivity (Wildman–Crippen MR) is 61.5 cm³/mol. The fourth-order valence-electron chi connectivity index (χ4n) is 2.00. The topological polar surface area (TPSA) is 34.1 Å². The second kappa shape index (κ2) is 3.32. The first-order valence-electron chi connectivity index (χ1n) is 5.60. The second-order valence-electron chi connectivity index (χ2n) is 4.81. The zero-order chi connectivity index (χ0) is 11.2. The summed E-state index contributed by atoms with van der Waals surface area (Å²) in [5.74, 6) is 0.763. The van der Waals surface area contributed by atoms with Gasteiger partial charge in [-0.3, -0.25) is 0 Å². The van der Waals surface area contributed by atoms with E-state index in [0.29, 0.717) is 6.61 Å². The number of epoxide rings is 1. The standard InChI is InChI=1S/C13H15NO2/c1-13(2)11(16-13)12-14-10(8-15-12)9-6-4-3-5-7-9/h3-7,10-11H,8H2,1-2H3/t10-,11?/m0/s1. The Kier molecular flexibility index (Phi) is 2.04. The molecule has 0 aromatic heterocycles. The van der Waals surface area contributed by atoms with Gasteiger partial charge in [0, 0.05) is 0 Å². The summed E-state index contributed by atoms with van der Waals surface area (Å²) in [7, 11) is 0. The van der Waals surface area contributed by atoms with Crippen LogP contribution in [0.1, 0.15) is 25.5 Å². The van der Waals surface area contributed by atoms with Crippen molar-refractivity contribution in [2.75, 3.05) is 6.61 Å². The third kappa shape index (κ3) is 1.61. The van der Waals surface area contributed by atoms with Crippen molar-refractivity contribution in [3.8, 4) is 0 Å². The van der Waals surface area contributed by atoms with Gasteiger partial charge in [0.2, 0.25) is 5.90 Å². The minimum atomic E-state index is -0.0928. The van der Waals surface area contributed by atoms with Gasteiger partial charge in [-0.25, -0.2) is 4.99 Å². The van der Waals surface area contributed by atoms with Crippen LogP contribution >= 0.6 is 0 Å². The first kappa shape index (κ1) is 9.85. The van der Waals surface area contributed by atoms with Gasteiger partial charge in [0.1, 0.15) is 12.6 Å². The molecule has 3 rings (SSSR count). The quantitative estimate of drug-likeness (QED) is 0.712. The van der Waals surface area contributed by atoms with Gasteiger partial charge < -0.3 is 9.47 Å². The maximum atomic E-state index is 5.60. The Labute approximate surface area is 95.1 Å². The van der Waals surface area contributed by atoms with Gasteiger partial charge in [-0.15, -0.1) is 0 Å². The van der Waals surface area contributed by atoms with Crippen molar-refractivity contribution in [3.63, 3.8) is 0 Å². The highest BCUT2D eigenvalue weighted by Crippen LogP contribution is 2.39. The smallest absolute Gasteiger partial charge is 0.217 e. The molecular weight excluding hydrogens is 202 g/mol. The van der Waals surface area contributed by atoms with E-state index in [1.807, 2.05) is 18.2 Å². The molecule has 1 saturated heterocycles. The normalized spacial score (nSPS) is 30.8. The highest BCUT2D eigenvalue weighted by molar-refractivity contribution is 5.86. The molecular formula is C13H15NO2. The lowest BCUT2D eigenvalue weighted by atomic mass is 10.1. The zero-order valence-corrected chi connectivity index (χ0v) is 9.51. The Bertz CT molecular complexity index is 425. The van der Waals surface area contributed by atoms with Crippen LogP contribution in [-0.2, 0) is 9.47 Å². The molecule has 1 fully saturated rings. The molecule has 1 aromatic rings. The Morgan fingerprint density at radius 1 is 1.25 bits per heavy atom. The van der Waals surface area contributed by atoms with Gasteiger partial charge in [-0.1, -0.05) is 30.3 Å². The summed E-state index contributed by atoms with van der Waals surface area (Å²) in [6.45, 7) is 4.74. The maximum Gasteiger partial charge on any atom is 0.217 e. The third-order valence-electron chi connectivity index (χ3n) is 3.08. The maximum absolute atomic E-state index is 5.60. The number of ether oxygens (including phenoxy) is 2. The molecule has 2 aliphatic rings. The lowest BCUT2D eigenvalue weighted by Crippen LogP contribution is -2.14. The molecule has 0 radical (unpaired) electrons. The van der Waals surface area contributed by atoms with Gasteiger partial charge >= 0.3 is 0 Å². The van der Waals surface area contributed by atoms with Crippen molar-refractivity contribution >= 4 is 5.90 Å². The molecule has 1 aromatic carbocycles. The largest absolute Gasteiger partial charge is 0.476 e. The average Bonchev–Trinajstić information content (AvgIpc) is 2.76. The molecule has 3 nitrogen and oxygen atoms in total. The van der Waals surface area contributed by atoms with E-state index in [2.05, 4.69) is 31.0 Å². The minimum Gasteiger partial charge on any atom is -0.476 e. The lowest BCUT2D eigenvalue weighted by molar-refractivity contribution is 0.292. The number of aliphatic imine (C=N–C) groups is 1. The fraction of sp³-hybridized carbons (Fsp3) is 0.462. The first-order valence-corrected chi connectivity index (χ1v) is 5.60. The van der Waals surface area contributed by atoms with E-state index < -0.39 is 0 Å². The van der Waals surface area contributed by atoms with E-state index >= 15 is 0 Å². The number of nitrogens with zero attached hydrogens (tertiary/aromatic N) is 1. The van der Waals surface area contributed by atoms with Gasteiger partial charge in [-0.2, -0.15) is 0 Å². The van der Waals surface area contributed by atoms with Crippen LogP contribution in [0, 0.1) is 0 Å². The second-order valence-corrected chi connectivity index (χ2v) is 4.81. The van der Waals surface area contributed by atoms with Gasteiger partial charge in [-0.05, 0) is 19.4 Å². The van der Waals surface area contributed by atoms with Gasteiger partial charge in [0.15, 0.2) is 6.10 Å². The first-order chi connectivity index (χ1) is 7.67. The molecule has 3 heteroatoms. The third-order valence-corrected chi connectivity index (χ3v) is 3.08. The molecule has 2 heterocycles. The molecule has 0 bridgehead atoms. The van der Waals surface area contributed by atoms with E-state index in [1.54, 1.807) is 0 Å². The molecule has 1 unspecified atom stereocenters. The zero-order valence-electron chi connectivity index (χ0n) is 9.51. The summed E-state index contributed by atoms with van der Waals surface area (Å²) in [5.41, 5.74) is 1.11. The fourth-order valence-corrected chi connectivity index (χ4v) is 2.00. The summed E-state index contributed by atoms with van der Waals surface area (Å²) in [4.78, 5) is 4.59. The van der Waals surface area contributed by atoms with E-state index in [-0.39, 0.29) is 17.7 Å². The molecule has 0 saturated carbocycles. The van der Waals surface area contributed by atoms with Crippen LogP contribution in [0.3, 0.4) is 0 Å². The Balaban J connectivity index is 1.77. The van der Waals surface area contributed by atoms with Crippen molar-refractivity contribution in [1.82, 2.24) is 0 Å².